The molecule has 3 heteroatoms. The second kappa shape index (κ2) is 3.46. The minimum absolute atomic E-state index is 0.0399. The second-order valence-electron chi connectivity index (χ2n) is 4.61. The van der Waals surface area contributed by atoms with Crippen LogP contribution in [0.15, 0.2) is 24.4 Å². The first-order valence-electron chi connectivity index (χ1n) is 4.90. The maximum Gasteiger partial charge on any atom is 0.160 e. The van der Waals surface area contributed by atoms with Crippen LogP contribution >= 0.6 is 11.6 Å². The average molecular weight is 221 g/mol. The lowest BCUT2D eigenvalue weighted by molar-refractivity contribution is 0.571. The number of pyridine rings is 2. The van der Waals surface area contributed by atoms with Crippen LogP contribution in [0, 0.1) is 0 Å². The summed E-state index contributed by atoms with van der Waals surface area (Å²) in [5.41, 5.74) is 1.79. The molecule has 0 amide bonds. The molecule has 2 aromatic heterocycles. The predicted molar refractivity (Wildman–Crippen MR) is 63.2 cm³/mol. The number of aromatic nitrogens is 2. The molecule has 0 atom stereocenters. The van der Waals surface area contributed by atoms with Gasteiger partial charge in [-0.2, -0.15) is 0 Å². The maximum absolute atomic E-state index is 6.04. The molecule has 2 nitrogen and oxygen atoms in total. The van der Waals surface area contributed by atoms with Gasteiger partial charge in [0, 0.05) is 22.7 Å². The molecule has 0 fully saturated rings. The molecular formula is C12H13ClN2. The van der Waals surface area contributed by atoms with E-state index in [1.165, 1.54) is 0 Å². The van der Waals surface area contributed by atoms with Gasteiger partial charge in [-0.15, -0.1) is 0 Å². The largest absolute Gasteiger partial charge is 0.237 e. The van der Waals surface area contributed by atoms with Crippen molar-refractivity contribution in [3.8, 4) is 0 Å². The van der Waals surface area contributed by atoms with Crippen molar-refractivity contribution in [1.82, 2.24) is 9.97 Å². The lowest BCUT2D eigenvalue weighted by atomic mass is 9.91. The summed E-state index contributed by atoms with van der Waals surface area (Å²) in [7, 11) is 0. The van der Waals surface area contributed by atoms with Crippen LogP contribution in [0.4, 0.5) is 0 Å². The highest BCUT2D eigenvalue weighted by Crippen LogP contribution is 2.25. The summed E-state index contributed by atoms with van der Waals surface area (Å²) in [5.74, 6) is 0. The molecule has 0 N–H and O–H groups in total. The Balaban J connectivity index is 2.68. The van der Waals surface area contributed by atoms with Crippen LogP contribution in [0.25, 0.3) is 11.0 Å². The SMILES string of the molecule is CC(C)(C)c1ccc2c(Cl)ccnc2n1. The molecule has 2 rings (SSSR count). The highest BCUT2D eigenvalue weighted by molar-refractivity contribution is 6.35. The number of halogens is 1. The van der Waals surface area contributed by atoms with E-state index in [4.69, 9.17) is 11.6 Å². The van der Waals surface area contributed by atoms with Gasteiger partial charge in [0.1, 0.15) is 0 Å². The topological polar surface area (TPSA) is 25.8 Å². The average Bonchev–Trinajstić information content (AvgIpc) is 2.16. The molecule has 2 heterocycles. The third-order valence-electron chi connectivity index (χ3n) is 2.32. The summed E-state index contributed by atoms with van der Waals surface area (Å²) < 4.78 is 0. The Morgan fingerprint density at radius 1 is 1.13 bits per heavy atom. The summed E-state index contributed by atoms with van der Waals surface area (Å²) in [6.07, 6.45) is 1.68. The van der Waals surface area contributed by atoms with E-state index in [9.17, 15) is 0 Å². The minimum atomic E-state index is 0.0399. The molecule has 0 radical (unpaired) electrons. The molecule has 0 aliphatic heterocycles. The molecule has 0 spiro atoms. The molecule has 78 valence electrons. The van der Waals surface area contributed by atoms with Crippen molar-refractivity contribution in [2.75, 3.05) is 0 Å². The van der Waals surface area contributed by atoms with Crippen molar-refractivity contribution in [1.29, 1.82) is 0 Å². The number of rotatable bonds is 0. The zero-order valence-electron chi connectivity index (χ0n) is 9.08. The van der Waals surface area contributed by atoms with E-state index in [-0.39, 0.29) is 5.41 Å². The van der Waals surface area contributed by atoms with Gasteiger partial charge in [-0.25, -0.2) is 9.97 Å². The number of fused-ring (bicyclic) bond motifs is 1. The quantitative estimate of drug-likeness (QED) is 0.678. The standard InChI is InChI=1S/C12H13ClN2/c1-12(2,3)10-5-4-8-9(13)6-7-14-11(8)15-10/h4-7H,1-3H3. The molecule has 0 unspecified atom stereocenters. The van der Waals surface area contributed by atoms with Crippen LogP contribution in [0.1, 0.15) is 26.5 Å². The van der Waals surface area contributed by atoms with Crippen molar-refractivity contribution in [3.63, 3.8) is 0 Å². The molecule has 0 saturated heterocycles. The highest BCUT2D eigenvalue weighted by atomic mass is 35.5. The molecule has 0 aliphatic carbocycles. The van der Waals surface area contributed by atoms with E-state index in [2.05, 4.69) is 30.7 Å². The van der Waals surface area contributed by atoms with Gasteiger partial charge in [0.15, 0.2) is 5.65 Å². The van der Waals surface area contributed by atoms with E-state index < -0.39 is 0 Å². The van der Waals surface area contributed by atoms with E-state index in [1.54, 1.807) is 12.3 Å². The van der Waals surface area contributed by atoms with E-state index in [1.807, 2.05) is 12.1 Å². The van der Waals surface area contributed by atoms with Gasteiger partial charge in [0.25, 0.3) is 0 Å². The molecule has 0 bridgehead atoms. The Labute approximate surface area is 94.3 Å². The number of hydrogen-bond acceptors (Lipinski definition) is 2. The number of nitrogens with zero attached hydrogens (tertiary/aromatic N) is 2. The molecular weight excluding hydrogens is 208 g/mol. The summed E-state index contributed by atoms with van der Waals surface area (Å²) >= 11 is 6.04. The summed E-state index contributed by atoms with van der Waals surface area (Å²) in [5, 5.41) is 1.61. The summed E-state index contributed by atoms with van der Waals surface area (Å²) in [4.78, 5) is 8.73. The molecule has 2 aromatic rings. The van der Waals surface area contributed by atoms with Crippen LogP contribution < -0.4 is 0 Å². The monoisotopic (exact) mass is 220 g/mol. The van der Waals surface area contributed by atoms with Crippen molar-refractivity contribution < 1.29 is 0 Å². The van der Waals surface area contributed by atoms with Crippen LogP contribution in [0.5, 0.6) is 0 Å². The van der Waals surface area contributed by atoms with E-state index in [0.29, 0.717) is 5.02 Å². The first-order valence-corrected chi connectivity index (χ1v) is 5.28. The third kappa shape index (κ3) is 1.95. The smallest absolute Gasteiger partial charge is 0.160 e. The molecule has 15 heavy (non-hydrogen) atoms. The molecule has 0 aromatic carbocycles. The summed E-state index contributed by atoms with van der Waals surface area (Å²) in [6.45, 7) is 6.39. The van der Waals surface area contributed by atoms with Crippen LogP contribution in [0.3, 0.4) is 0 Å². The zero-order chi connectivity index (χ0) is 11.1. The van der Waals surface area contributed by atoms with Gasteiger partial charge in [0.2, 0.25) is 0 Å². The van der Waals surface area contributed by atoms with Crippen molar-refractivity contribution in [2.45, 2.75) is 26.2 Å². The van der Waals surface area contributed by atoms with E-state index in [0.717, 1.165) is 16.7 Å². The normalized spacial score (nSPS) is 12.0. The third-order valence-corrected chi connectivity index (χ3v) is 2.65. The minimum Gasteiger partial charge on any atom is -0.237 e. The Morgan fingerprint density at radius 2 is 1.87 bits per heavy atom. The Bertz CT molecular complexity index is 500. The van der Waals surface area contributed by atoms with Gasteiger partial charge in [-0.1, -0.05) is 32.4 Å². The molecule has 0 aliphatic rings. The van der Waals surface area contributed by atoms with Gasteiger partial charge < -0.3 is 0 Å². The maximum atomic E-state index is 6.04. The zero-order valence-corrected chi connectivity index (χ0v) is 9.84. The highest BCUT2D eigenvalue weighted by Gasteiger charge is 2.16. The van der Waals surface area contributed by atoms with Gasteiger partial charge in [-0.05, 0) is 18.2 Å². The van der Waals surface area contributed by atoms with Crippen LogP contribution in [0.2, 0.25) is 5.02 Å². The fraction of sp³-hybridized carbons (Fsp3) is 0.333. The lowest BCUT2D eigenvalue weighted by Gasteiger charge is -2.17. The molecule has 0 saturated carbocycles. The fourth-order valence-electron chi connectivity index (χ4n) is 1.41. The lowest BCUT2D eigenvalue weighted by Crippen LogP contribution is -2.13. The second-order valence-corrected chi connectivity index (χ2v) is 5.02. The fourth-order valence-corrected chi connectivity index (χ4v) is 1.62. The van der Waals surface area contributed by atoms with Crippen LogP contribution in [-0.4, -0.2) is 9.97 Å². The Hall–Kier alpha value is -1.15. The van der Waals surface area contributed by atoms with Gasteiger partial charge in [0.05, 0.1) is 5.02 Å². The predicted octanol–water partition coefficient (Wildman–Crippen LogP) is 3.58. The number of hydrogen-bond donors (Lipinski definition) is 0. The van der Waals surface area contributed by atoms with Gasteiger partial charge >= 0.3 is 0 Å². The van der Waals surface area contributed by atoms with Crippen LogP contribution in [-0.2, 0) is 5.41 Å². The Morgan fingerprint density at radius 3 is 2.53 bits per heavy atom. The van der Waals surface area contributed by atoms with E-state index >= 15 is 0 Å². The van der Waals surface area contributed by atoms with Gasteiger partial charge in [-0.3, -0.25) is 0 Å². The van der Waals surface area contributed by atoms with Crippen molar-refractivity contribution in [2.24, 2.45) is 0 Å². The Kier molecular flexibility index (Phi) is 2.39. The van der Waals surface area contributed by atoms with Crippen molar-refractivity contribution in [3.05, 3.63) is 35.1 Å². The first-order chi connectivity index (χ1) is 6.98. The summed E-state index contributed by atoms with van der Waals surface area (Å²) in [6, 6.07) is 5.77. The van der Waals surface area contributed by atoms with Crippen molar-refractivity contribution >= 4 is 22.6 Å². The first kappa shape index (κ1) is 10.4.